The summed E-state index contributed by atoms with van der Waals surface area (Å²) in [4.78, 5) is 0. The monoisotopic (exact) mass is 282 g/mol. The summed E-state index contributed by atoms with van der Waals surface area (Å²) in [5.41, 5.74) is 0. The second kappa shape index (κ2) is 5.27. The quantitative estimate of drug-likeness (QED) is 0.718. The van der Waals surface area contributed by atoms with Gasteiger partial charge in [0.25, 0.3) is 12.9 Å². The van der Waals surface area contributed by atoms with Gasteiger partial charge in [0, 0.05) is 0 Å². The van der Waals surface area contributed by atoms with E-state index < -0.39 is 37.4 Å². The fourth-order valence-corrected chi connectivity index (χ4v) is 0.717. The molecule has 0 aliphatic rings. The molecule has 0 aliphatic carbocycles. The van der Waals surface area contributed by atoms with Gasteiger partial charge in [-0.3, -0.25) is 0 Å². The van der Waals surface area contributed by atoms with Crippen molar-refractivity contribution in [2.75, 3.05) is 0 Å². The first-order chi connectivity index (χ1) is 7.37. The summed E-state index contributed by atoms with van der Waals surface area (Å²) < 4.78 is 120. The Morgan fingerprint density at radius 2 is 0.824 bits per heavy atom. The van der Waals surface area contributed by atoms with Crippen LogP contribution in [0.4, 0.5) is 43.9 Å². The van der Waals surface area contributed by atoms with Crippen LogP contribution >= 0.6 is 0 Å². The lowest BCUT2D eigenvalue weighted by atomic mass is 10.3. The van der Waals surface area contributed by atoms with Gasteiger partial charge in [-0.15, -0.1) is 0 Å². The molecule has 0 rings (SSSR count). The van der Waals surface area contributed by atoms with Crippen LogP contribution in [0.3, 0.4) is 0 Å². The van der Waals surface area contributed by atoms with Crippen molar-refractivity contribution in [1.29, 1.82) is 0 Å². The molecule has 0 saturated heterocycles. The number of ether oxygens (including phenoxy) is 1. The predicted molar refractivity (Wildman–Crippen MR) is 32.8 cm³/mol. The normalized spacial score (nSPS) is 17.6. The van der Waals surface area contributed by atoms with E-state index in [0.29, 0.717) is 0 Å². The molecule has 0 N–H and O–H groups in total. The smallest absolute Gasteiger partial charge is 0.345 e. The van der Waals surface area contributed by atoms with E-state index in [9.17, 15) is 43.9 Å². The predicted octanol–water partition coefficient (Wildman–Crippen LogP) is 3.40. The Labute approximate surface area is 87.3 Å². The fourth-order valence-electron chi connectivity index (χ4n) is 0.717. The highest BCUT2D eigenvalue weighted by atomic mass is 19.4. The van der Waals surface area contributed by atoms with E-state index in [-0.39, 0.29) is 0 Å². The topological polar surface area (TPSA) is 9.23 Å². The zero-order chi connectivity index (χ0) is 14.0. The third kappa shape index (κ3) is 4.96. The molecule has 0 radical (unpaired) electrons. The lowest BCUT2D eigenvalue weighted by Crippen LogP contribution is -2.48. The maximum absolute atomic E-state index is 11.8. The second-order valence-corrected chi connectivity index (χ2v) is 2.73. The minimum atomic E-state index is -5.88. The van der Waals surface area contributed by atoms with Gasteiger partial charge in [-0.1, -0.05) is 0 Å². The Morgan fingerprint density at radius 3 is 0.941 bits per heavy atom. The van der Waals surface area contributed by atoms with Crippen LogP contribution in [0.2, 0.25) is 0 Å². The molecule has 0 aliphatic heterocycles. The largest absolute Gasteiger partial charge is 0.420 e. The van der Waals surface area contributed by atoms with Crippen LogP contribution in [0.5, 0.6) is 0 Å². The van der Waals surface area contributed by atoms with Gasteiger partial charge >= 0.3 is 12.4 Å². The highest BCUT2D eigenvalue weighted by molar-refractivity contribution is 4.78. The summed E-state index contributed by atoms with van der Waals surface area (Å²) in [7, 11) is 0. The van der Waals surface area contributed by atoms with E-state index in [1.54, 1.807) is 0 Å². The van der Waals surface area contributed by atoms with Gasteiger partial charge in [-0.25, -0.2) is 17.6 Å². The molecule has 0 spiro atoms. The summed E-state index contributed by atoms with van der Waals surface area (Å²) >= 11 is 0. The van der Waals surface area contributed by atoms with Crippen LogP contribution < -0.4 is 0 Å². The molecule has 2 atom stereocenters. The van der Waals surface area contributed by atoms with Gasteiger partial charge in [0.05, 0.1) is 0 Å². The molecule has 0 aromatic carbocycles. The molecule has 0 unspecified atom stereocenters. The Kier molecular flexibility index (Phi) is 5.04. The van der Waals surface area contributed by atoms with E-state index in [1.807, 2.05) is 0 Å². The number of hydrogen-bond donors (Lipinski definition) is 0. The molecule has 0 aromatic heterocycles. The molecule has 0 fully saturated rings. The maximum Gasteiger partial charge on any atom is 0.420 e. The third-order valence-corrected chi connectivity index (χ3v) is 1.40. The second-order valence-electron chi connectivity index (χ2n) is 2.73. The Bertz CT molecular complexity index is 206. The number of rotatable bonds is 4. The number of alkyl halides is 10. The van der Waals surface area contributed by atoms with Crippen molar-refractivity contribution >= 4 is 0 Å². The van der Waals surface area contributed by atoms with Gasteiger partial charge in [-0.2, -0.15) is 26.3 Å². The van der Waals surface area contributed by atoms with Crippen molar-refractivity contribution < 1.29 is 48.6 Å². The number of hydrogen-bond acceptors (Lipinski definition) is 1. The van der Waals surface area contributed by atoms with Crippen molar-refractivity contribution in [2.45, 2.75) is 37.4 Å². The van der Waals surface area contributed by atoms with Gasteiger partial charge in [0.1, 0.15) is 0 Å². The summed E-state index contributed by atoms with van der Waals surface area (Å²) in [5, 5.41) is 0. The van der Waals surface area contributed by atoms with Crippen molar-refractivity contribution in [3.8, 4) is 0 Å². The molecule has 0 saturated carbocycles. The number of halogens is 10. The Morgan fingerprint density at radius 1 is 0.588 bits per heavy atom. The zero-order valence-electron chi connectivity index (χ0n) is 7.50. The molecule has 0 bridgehead atoms. The first kappa shape index (κ1) is 16.3. The zero-order valence-corrected chi connectivity index (χ0v) is 7.50. The lowest BCUT2D eigenvalue weighted by molar-refractivity contribution is -0.323. The van der Waals surface area contributed by atoms with Crippen LogP contribution in [-0.4, -0.2) is 37.4 Å². The van der Waals surface area contributed by atoms with Crippen molar-refractivity contribution in [3.05, 3.63) is 0 Å². The molecule has 11 heteroatoms. The van der Waals surface area contributed by atoms with Crippen LogP contribution in [0, 0.1) is 0 Å². The highest BCUT2D eigenvalue weighted by Crippen LogP contribution is 2.34. The van der Waals surface area contributed by atoms with Gasteiger partial charge in [-0.05, 0) is 0 Å². The molecule has 1 nitrogen and oxygen atoms in total. The molecule has 0 aromatic rings. The van der Waals surface area contributed by atoms with Crippen molar-refractivity contribution in [1.82, 2.24) is 0 Å². The maximum atomic E-state index is 11.8. The van der Waals surface area contributed by atoms with Crippen LogP contribution in [0.15, 0.2) is 0 Å². The van der Waals surface area contributed by atoms with Crippen molar-refractivity contribution in [3.63, 3.8) is 0 Å². The Hall–Kier alpha value is -0.740. The van der Waals surface area contributed by atoms with Crippen molar-refractivity contribution in [2.24, 2.45) is 0 Å². The minimum Gasteiger partial charge on any atom is -0.345 e. The average Bonchev–Trinajstić information content (AvgIpc) is 1.96. The lowest BCUT2D eigenvalue weighted by Gasteiger charge is -2.26. The van der Waals surface area contributed by atoms with Crippen LogP contribution in [0.1, 0.15) is 0 Å². The van der Waals surface area contributed by atoms with Gasteiger partial charge in [0.2, 0.25) is 12.2 Å². The molecular formula is C6H4F10O. The van der Waals surface area contributed by atoms with E-state index in [4.69, 9.17) is 0 Å². The standard InChI is InChI=1S/C6H4F10O/c7-3(8)1(5(11,12)13)17-2(4(9)10)6(14,15)16/h1-4H/t1-,2-/m1/s1. The molecule has 0 amide bonds. The molecule has 0 heterocycles. The summed E-state index contributed by atoms with van der Waals surface area (Å²) in [6.07, 6.45) is -29.0. The van der Waals surface area contributed by atoms with E-state index in [0.717, 1.165) is 0 Å². The molecule has 104 valence electrons. The molecule has 17 heavy (non-hydrogen) atoms. The van der Waals surface area contributed by atoms with E-state index in [1.165, 1.54) is 0 Å². The Balaban J connectivity index is 4.96. The summed E-state index contributed by atoms with van der Waals surface area (Å²) in [5.74, 6) is 0. The first-order valence-corrected chi connectivity index (χ1v) is 3.72. The van der Waals surface area contributed by atoms with E-state index >= 15 is 0 Å². The third-order valence-electron chi connectivity index (χ3n) is 1.40. The van der Waals surface area contributed by atoms with Crippen LogP contribution in [0.25, 0.3) is 0 Å². The van der Waals surface area contributed by atoms with E-state index in [2.05, 4.69) is 4.74 Å². The first-order valence-electron chi connectivity index (χ1n) is 3.72. The minimum absolute atomic E-state index is 2.75. The molecular weight excluding hydrogens is 278 g/mol. The SMILES string of the molecule is FC(F)[C@@H](O[C@H](C(F)F)C(F)(F)F)C(F)(F)F. The highest BCUT2D eigenvalue weighted by Gasteiger charge is 2.55. The van der Waals surface area contributed by atoms with Gasteiger partial charge in [0.15, 0.2) is 0 Å². The van der Waals surface area contributed by atoms with Gasteiger partial charge < -0.3 is 4.74 Å². The fraction of sp³-hybridized carbons (Fsp3) is 1.00. The summed E-state index contributed by atoms with van der Waals surface area (Å²) in [6.45, 7) is 0. The summed E-state index contributed by atoms with van der Waals surface area (Å²) in [6, 6.07) is 0. The van der Waals surface area contributed by atoms with Crippen LogP contribution in [-0.2, 0) is 4.74 Å². The average molecular weight is 282 g/mol.